The number of aromatic nitrogens is 2. The Morgan fingerprint density at radius 1 is 1.19 bits per heavy atom. The lowest BCUT2D eigenvalue weighted by Gasteiger charge is -2.25. The van der Waals surface area contributed by atoms with Crippen molar-refractivity contribution in [2.75, 3.05) is 6.54 Å². The number of hydrogen-bond donors (Lipinski definition) is 0. The Hall–Kier alpha value is -2.42. The third kappa shape index (κ3) is 4.02. The molecule has 5 rings (SSSR count). The Balaban J connectivity index is 1.63. The van der Waals surface area contributed by atoms with Crippen LogP contribution in [-0.4, -0.2) is 26.9 Å². The van der Waals surface area contributed by atoms with Crippen molar-refractivity contribution >= 4 is 55.2 Å². The van der Waals surface area contributed by atoms with Gasteiger partial charge < -0.3 is 4.90 Å². The van der Waals surface area contributed by atoms with Gasteiger partial charge in [-0.25, -0.2) is 4.98 Å². The topological polar surface area (TPSA) is 55.2 Å². The van der Waals surface area contributed by atoms with E-state index in [9.17, 15) is 9.59 Å². The lowest BCUT2D eigenvalue weighted by atomic mass is 10.1. The molecular weight excluding hydrogens is 506 g/mol. The van der Waals surface area contributed by atoms with Crippen molar-refractivity contribution in [1.82, 2.24) is 14.5 Å². The average molecular weight is 526 g/mol. The third-order valence-electron chi connectivity index (χ3n) is 5.56. The number of carbonyl (C=O) groups excluding carboxylic acids is 1. The van der Waals surface area contributed by atoms with E-state index in [-0.39, 0.29) is 11.5 Å². The molecule has 2 aromatic carbocycles. The number of halogens is 1. The van der Waals surface area contributed by atoms with Gasteiger partial charge in [0.2, 0.25) is 5.91 Å². The standard InChI is InChI=1S/C24H20BrN3O2S2/c1-15(29)27-11-10-19-20(13-27)32-22-21(19)23(30)28(18-8-3-2-4-9-18)24(26-22)31-14-16-6-5-7-17(25)12-16/h2-9,12H,10-11,13-14H2,1H3. The highest BCUT2D eigenvalue weighted by molar-refractivity contribution is 9.10. The quantitative estimate of drug-likeness (QED) is 0.264. The van der Waals surface area contributed by atoms with Gasteiger partial charge in [-0.2, -0.15) is 0 Å². The highest BCUT2D eigenvalue weighted by Crippen LogP contribution is 2.35. The Bertz CT molecular complexity index is 1380. The molecular formula is C24H20BrN3O2S2. The number of thioether (sulfide) groups is 1. The number of para-hydroxylation sites is 1. The van der Waals surface area contributed by atoms with Gasteiger partial charge >= 0.3 is 0 Å². The van der Waals surface area contributed by atoms with Gasteiger partial charge in [0.15, 0.2) is 5.16 Å². The lowest BCUT2D eigenvalue weighted by molar-refractivity contribution is -0.129. The van der Waals surface area contributed by atoms with Gasteiger partial charge in [0.1, 0.15) is 4.83 Å². The van der Waals surface area contributed by atoms with Crippen LogP contribution >= 0.6 is 39.0 Å². The van der Waals surface area contributed by atoms with Gasteiger partial charge in [-0.3, -0.25) is 14.2 Å². The van der Waals surface area contributed by atoms with Crippen LogP contribution < -0.4 is 5.56 Å². The van der Waals surface area contributed by atoms with Crippen molar-refractivity contribution < 1.29 is 4.79 Å². The van der Waals surface area contributed by atoms with Crippen molar-refractivity contribution in [3.05, 3.63) is 85.4 Å². The molecule has 5 nitrogen and oxygen atoms in total. The Morgan fingerprint density at radius 2 is 2.00 bits per heavy atom. The van der Waals surface area contributed by atoms with Crippen LogP contribution in [0.4, 0.5) is 0 Å². The molecule has 162 valence electrons. The second-order valence-corrected chi connectivity index (χ2v) is 10.6. The summed E-state index contributed by atoms with van der Waals surface area (Å²) in [6.45, 7) is 2.78. The van der Waals surface area contributed by atoms with E-state index in [1.54, 1.807) is 23.3 Å². The first kappa shape index (κ1) is 21.4. The molecule has 0 spiro atoms. The number of carbonyl (C=O) groups is 1. The number of benzene rings is 2. The summed E-state index contributed by atoms with van der Waals surface area (Å²) in [5.74, 6) is 0.765. The van der Waals surface area contributed by atoms with Crippen molar-refractivity contribution in [3.63, 3.8) is 0 Å². The van der Waals surface area contributed by atoms with Crippen LogP contribution in [0.1, 0.15) is 22.9 Å². The fourth-order valence-electron chi connectivity index (χ4n) is 3.97. The van der Waals surface area contributed by atoms with Crippen molar-refractivity contribution in [2.45, 2.75) is 30.8 Å². The molecule has 8 heteroatoms. The van der Waals surface area contributed by atoms with E-state index >= 15 is 0 Å². The first-order chi connectivity index (χ1) is 15.5. The molecule has 0 atom stereocenters. The minimum absolute atomic E-state index is 0.0354. The van der Waals surface area contributed by atoms with Gasteiger partial charge in [-0.05, 0) is 41.8 Å². The van der Waals surface area contributed by atoms with Crippen molar-refractivity contribution in [1.29, 1.82) is 0 Å². The Morgan fingerprint density at radius 3 is 2.75 bits per heavy atom. The summed E-state index contributed by atoms with van der Waals surface area (Å²) in [6, 6.07) is 17.8. The molecule has 1 amide bonds. The Kier molecular flexibility index (Phi) is 5.92. The molecule has 3 heterocycles. The summed E-state index contributed by atoms with van der Waals surface area (Å²) in [6.07, 6.45) is 0.686. The number of amides is 1. The van der Waals surface area contributed by atoms with E-state index in [1.165, 1.54) is 11.3 Å². The second-order valence-electron chi connectivity index (χ2n) is 7.66. The largest absolute Gasteiger partial charge is 0.337 e. The molecule has 2 aromatic heterocycles. The molecule has 1 aliphatic rings. The van der Waals surface area contributed by atoms with Crippen LogP contribution in [0, 0.1) is 0 Å². The molecule has 0 bridgehead atoms. The van der Waals surface area contributed by atoms with Gasteiger partial charge in [-0.15, -0.1) is 11.3 Å². The van der Waals surface area contributed by atoms with E-state index < -0.39 is 0 Å². The Labute approximate surface area is 202 Å². The fourth-order valence-corrected chi connectivity index (χ4v) is 6.65. The third-order valence-corrected chi connectivity index (χ3v) is 8.17. The molecule has 0 aliphatic carbocycles. The number of rotatable bonds is 4. The maximum atomic E-state index is 13.8. The monoisotopic (exact) mass is 525 g/mol. The first-order valence-electron chi connectivity index (χ1n) is 10.3. The van der Waals surface area contributed by atoms with Crippen LogP contribution in [0.3, 0.4) is 0 Å². The fraction of sp³-hybridized carbons (Fsp3) is 0.208. The van der Waals surface area contributed by atoms with Crippen molar-refractivity contribution in [3.8, 4) is 5.69 Å². The summed E-state index contributed by atoms with van der Waals surface area (Å²) in [5.41, 5.74) is 2.98. The number of thiophene rings is 1. The number of fused-ring (bicyclic) bond motifs is 3. The maximum Gasteiger partial charge on any atom is 0.267 e. The first-order valence-corrected chi connectivity index (χ1v) is 12.9. The molecule has 0 radical (unpaired) electrons. The van der Waals surface area contributed by atoms with E-state index in [4.69, 9.17) is 4.98 Å². The summed E-state index contributed by atoms with van der Waals surface area (Å²) < 4.78 is 2.76. The number of nitrogens with zero attached hydrogens (tertiary/aromatic N) is 3. The number of hydrogen-bond acceptors (Lipinski definition) is 5. The molecule has 32 heavy (non-hydrogen) atoms. The van der Waals surface area contributed by atoms with Crippen molar-refractivity contribution in [2.24, 2.45) is 0 Å². The summed E-state index contributed by atoms with van der Waals surface area (Å²) in [7, 11) is 0. The van der Waals surface area contributed by atoms with Gasteiger partial charge in [0, 0.05) is 28.6 Å². The van der Waals surface area contributed by atoms with Crippen LogP contribution in [0.2, 0.25) is 0 Å². The highest BCUT2D eigenvalue weighted by atomic mass is 79.9. The molecule has 0 saturated carbocycles. The summed E-state index contributed by atoms with van der Waals surface area (Å²) >= 11 is 6.62. The zero-order valence-electron chi connectivity index (χ0n) is 17.4. The summed E-state index contributed by atoms with van der Waals surface area (Å²) in [4.78, 5) is 34.3. The zero-order chi connectivity index (χ0) is 22.2. The SMILES string of the molecule is CC(=O)N1CCc2c(sc3nc(SCc4cccc(Br)c4)n(-c4ccccc4)c(=O)c23)C1. The van der Waals surface area contributed by atoms with Crippen LogP contribution in [-0.2, 0) is 23.5 Å². The highest BCUT2D eigenvalue weighted by Gasteiger charge is 2.26. The van der Waals surface area contributed by atoms with Gasteiger partial charge in [-0.1, -0.05) is 58.0 Å². The van der Waals surface area contributed by atoms with Crippen LogP contribution in [0.25, 0.3) is 15.9 Å². The van der Waals surface area contributed by atoms with Crippen LogP contribution in [0.5, 0.6) is 0 Å². The molecule has 1 aliphatic heterocycles. The lowest BCUT2D eigenvalue weighted by Crippen LogP contribution is -2.34. The molecule has 0 fully saturated rings. The molecule has 0 unspecified atom stereocenters. The van der Waals surface area contributed by atoms with E-state index in [1.807, 2.05) is 47.4 Å². The van der Waals surface area contributed by atoms with Gasteiger partial charge in [0.25, 0.3) is 5.56 Å². The van der Waals surface area contributed by atoms with E-state index in [2.05, 4.69) is 28.1 Å². The average Bonchev–Trinajstić information content (AvgIpc) is 3.16. The van der Waals surface area contributed by atoms with Gasteiger partial charge in [0.05, 0.1) is 17.6 Å². The van der Waals surface area contributed by atoms with Crippen LogP contribution in [0.15, 0.2) is 69.0 Å². The normalized spacial score (nSPS) is 13.4. The van der Waals surface area contributed by atoms with E-state index in [0.29, 0.717) is 35.8 Å². The summed E-state index contributed by atoms with van der Waals surface area (Å²) in [5, 5.41) is 1.37. The van der Waals surface area contributed by atoms with E-state index in [0.717, 1.165) is 31.0 Å². The smallest absolute Gasteiger partial charge is 0.267 e. The second kappa shape index (κ2) is 8.84. The molecule has 0 N–H and O–H groups in total. The predicted molar refractivity (Wildman–Crippen MR) is 134 cm³/mol. The molecule has 4 aromatic rings. The molecule has 0 saturated heterocycles. The maximum absolute atomic E-state index is 13.8. The minimum Gasteiger partial charge on any atom is -0.337 e. The minimum atomic E-state index is -0.0354. The zero-order valence-corrected chi connectivity index (χ0v) is 20.6. The predicted octanol–water partition coefficient (Wildman–Crippen LogP) is 5.41.